The van der Waals surface area contributed by atoms with Crippen LogP contribution in [0.15, 0.2) is 191 Å². The monoisotopic (exact) mass is 1140 g/mol. The third-order valence-corrected chi connectivity index (χ3v) is 13.9. The molecule has 10 bridgehead atoms. The van der Waals surface area contributed by atoms with Gasteiger partial charge >= 0.3 is 0 Å². The molecule has 0 saturated carbocycles. The van der Waals surface area contributed by atoms with Crippen molar-refractivity contribution in [3.8, 4) is 22.5 Å². The summed E-state index contributed by atoms with van der Waals surface area (Å²) >= 11 is 0. The van der Waals surface area contributed by atoms with E-state index < -0.39 is 0 Å². The smallest absolute Gasteiger partial charge is 0.135 e. The normalized spacial score (nSPS) is 13.1. The second-order valence-electron chi connectivity index (χ2n) is 22.0. The third kappa shape index (κ3) is 8.56. The summed E-state index contributed by atoms with van der Waals surface area (Å²) in [6.45, 7) is 20.0. The van der Waals surface area contributed by atoms with E-state index in [0.29, 0.717) is 49.8 Å². The van der Waals surface area contributed by atoms with Gasteiger partial charge in [0.05, 0.1) is 5.48 Å². The number of nitrogens with zero attached hydrogens (tertiary/aromatic N) is 4. The summed E-state index contributed by atoms with van der Waals surface area (Å²) in [6, 6.07) is 56.2. The summed E-state index contributed by atoms with van der Waals surface area (Å²) in [5.41, 5.74) is 12.1. The van der Waals surface area contributed by atoms with Crippen molar-refractivity contribution in [1.29, 1.82) is 0 Å². The molecule has 0 N–H and O–H groups in total. The van der Waals surface area contributed by atoms with Crippen LogP contribution < -0.4 is 0 Å². The molecule has 366 valence electrons. The molecule has 0 unspecified atom stereocenters. The molecule has 0 saturated heterocycles. The number of aromatic nitrogens is 4. The number of hydrogen-bond acceptors (Lipinski definition) is 3. The largest absolute Gasteiger partial charge is 0.510 e. The van der Waals surface area contributed by atoms with Crippen LogP contribution >= 0.6 is 0 Å². The first-order chi connectivity index (χ1) is 36.2. The zero-order valence-corrected chi connectivity index (χ0v) is 44.7. The van der Waals surface area contributed by atoms with Gasteiger partial charge in [0.1, 0.15) is 16.8 Å². The van der Waals surface area contributed by atoms with Crippen LogP contribution in [0.25, 0.3) is 105 Å². The predicted octanol–water partition coefficient (Wildman–Crippen LogP) is 17.9. The van der Waals surface area contributed by atoms with Crippen molar-refractivity contribution < 1.29 is 35.4 Å². The molecular weight excluding hydrogens is 1080 g/mol. The zero-order valence-electron chi connectivity index (χ0n) is 46.4. The molecule has 14 rings (SSSR count). The fourth-order valence-corrected chi connectivity index (χ4v) is 10.1. The molecule has 1 aliphatic heterocycles. The van der Waals surface area contributed by atoms with Crippen LogP contribution in [0.5, 0.6) is 0 Å². The first-order valence-electron chi connectivity index (χ1n) is 26.6. The molecule has 0 fully saturated rings. The quantitative estimate of drug-likeness (QED) is 0.154. The molecule has 6 nitrogen and oxygen atoms in total. The number of rotatable bonds is 1. The average molecular weight is 1140 g/mol. The van der Waals surface area contributed by atoms with Crippen molar-refractivity contribution in [3.05, 3.63) is 211 Å². The van der Waals surface area contributed by atoms with Crippen molar-refractivity contribution in [2.45, 2.75) is 78.6 Å². The van der Waals surface area contributed by atoms with Crippen molar-refractivity contribution in [3.63, 3.8) is 0 Å². The molecule has 13 aromatic rings. The van der Waals surface area contributed by atoms with Crippen LogP contribution in [0.1, 0.15) is 84.5 Å². The summed E-state index contributed by atoms with van der Waals surface area (Å²) in [5, 5.41) is 4.79. The molecule has 0 aliphatic carbocycles. The van der Waals surface area contributed by atoms with Crippen LogP contribution in [0.4, 0.5) is 0 Å². The number of pyridine rings is 1. The summed E-state index contributed by atoms with van der Waals surface area (Å²) in [7, 11) is 0. The molecular formula is C66H57N4O2Pt-3. The van der Waals surface area contributed by atoms with Gasteiger partial charge in [-0.25, -0.2) is 4.98 Å². The minimum Gasteiger partial charge on any atom is -0.510 e. The van der Waals surface area contributed by atoms with Crippen molar-refractivity contribution in [2.24, 2.45) is 0 Å². The second kappa shape index (κ2) is 17.9. The van der Waals surface area contributed by atoms with Gasteiger partial charge in [-0.05, 0) is 107 Å². The molecule has 0 spiro atoms. The Labute approximate surface area is 446 Å². The molecule has 1 aliphatic rings. The Morgan fingerprint density at radius 1 is 0.562 bits per heavy atom. The topological polar surface area (TPSA) is 53.4 Å². The van der Waals surface area contributed by atoms with Crippen molar-refractivity contribution in [1.82, 2.24) is 18.5 Å². The van der Waals surface area contributed by atoms with E-state index in [1.807, 2.05) is 60.8 Å². The molecule has 0 atom stereocenters. The van der Waals surface area contributed by atoms with Gasteiger partial charge in [-0.2, -0.15) is 24.3 Å². The van der Waals surface area contributed by atoms with Gasteiger partial charge in [-0.1, -0.05) is 177 Å². The Morgan fingerprint density at radius 3 is 2.04 bits per heavy atom. The van der Waals surface area contributed by atoms with Crippen molar-refractivity contribution in [2.75, 3.05) is 0 Å². The predicted molar refractivity (Wildman–Crippen MR) is 300 cm³/mol. The zero-order chi connectivity index (χ0) is 53.2. The maximum atomic E-state index is 9.27. The molecule has 7 heteroatoms. The molecule has 73 heavy (non-hydrogen) atoms. The van der Waals surface area contributed by atoms with E-state index in [-0.39, 0.29) is 61.5 Å². The Bertz CT molecular complexity index is 4520. The van der Waals surface area contributed by atoms with E-state index in [0.717, 1.165) is 60.6 Å². The molecule has 5 aromatic heterocycles. The van der Waals surface area contributed by atoms with Gasteiger partial charge in [-0.3, -0.25) is 0 Å². The number of para-hydroxylation sites is 4. The Morgan fingerprint density at radius 2 is 1.27 bits per heavy atom. The fourth-order valence-electron chi connectivity index (χ4n) is 10.1. The van der Waals surface area contributed by atoms with E-state index in [2.05, 4.69) is 175 Å². The van der Waals surface area contributed by atoms with E-state index in [9.17, 15) is 1.37 Å². The van der Waals surface area contributed by atoms with Crippen molar-refractivity contribution >= 4 is 82.4 Å². The van der Waals surface area contributed by atoms with Gasteiger partial charge < -0.3 is 22.4 Å². The molecule has 0 amide bonds. The van der Waals surface area contributed by atoms with Gasteiger partial charge in [0.2, 0.25) is 0 Å². The average Bonchev–Trinajstić information content (AvgIpc) is 4.06. The Kier molecular flexibility index (Phi) is 10.6. The molecule has 6 heterocycles. The van der Waals surface area contributed by atoms with E-state index >= 15 is 0 Å². The second-order valence-corrected chi connectivity index (χ2v) is 22.0. The van der Waals surface area contributed by atoms with Crippen LogP contribution in [-0.2, 0) is 37.3 Å². The van der Waals surface area contributed by atoms with Gasteiger partial charge in [0, 0.05) is 61.0 Å². The minimum atomic E-state index is -0.377. The van der Waals surface area contributed by atoms with Gasteiger partial charge in [-0.15, -0.1) is 29.1 Å². The number of benzene rings is 8. The Balaban J connectivity index is 0.00000631. The van der Waals surface area contributed by atoms with Gasteiger partial charge in [0.25, 0.3) is 0 Å². The third-order valence-electron chi connectivity index (χ3n) is 13.9. The first-order valence-corrected chi connectivity index (χ1v) is 24.6. The maximum Gasteiger partial charge on any atom is 0.135 e. The summed E-state index contributed by atoms with van der Waals surface area (Å²) in [5.74, 6) is 0. The van der Waals surface area contributed by atoms with E-state index in [1.54, 1.807) is 10.5 Å². The standard InChI is InChI=1S/C66H57N4O2.Pt/c1-64(2,3)44-19-16-18-43(34-44)53-35-45(65(4,5)6)36-54-52-23-11-15-27-61(52)72-47-30-28-42(29-31-47)55-40-67-62(39-56(55)66(7,8)9)70-57-24-12-10-22-50(57)51-33-32-49(38-60(51)70)71-48-21-17-20-46(37-48)68-41-69(63(53)54)59-26-14-13-25-58(59)68;/h10-36,39-41H,1-9H3;/q-3;/i10D,12D,22D,24D;. The number of hydrogen-bond donors (Lipinski definition) is 0. The molecule has 0 radical (unpaired) electrons. The summed E-state index contributed by atoms with van der Waals surface area (Å²) < 4.78 is 55.9. The SMILES string of the molecule is [2H]c1c([2H])c([2H])c2c(c1[2H])c1ccc3[c-]c1n2c1cc(C(C)(C)C)c(cn1)c1ccc(cc1)oc1ccccc1c1cc(C(C)(C)C)cc(-c2cccc(C(C)(C)C)c2)c1n1[cH-]n(c2[c-]c(ccc2)o3)-c2ccccc2-1.[Pt]. The Hall–Kier alpha value is -7.53. The van der Waals surface area contributed by atoms with E-state index in [4.69, 9.17) is 17.9 Å². The first kappa shape index (κ1) is 43.1. The number of fused-ring (bicyclic) bond motifs is 5. The van der Waals surface area contributed by atoms with Crippen LogP contribution in [0.3, 0.4) is 0 Å². The summed E-state index contributed by atoms with van der Waals surface area (Å²) in [4.78, 5) is 5.09. The number of imidazole rings is 1. The van der Waals surface area contributed by atoms with E-state index in [1.165, 1.54) is 11.1 Å². The van der Waals surface area contributed by atoms with Gasteiger partial charge in [0.15, 0.2) is 0 Å². The van der Waals surface area contributed by atoms with Crippen LogP contribution in [0.2, 0.25) is 0 Å². The van der Waals surface area contributed by atoms with Crippen LogP contribution in [-0.4, -0.2) is 18.5 Å². The molecule has 8 aromatic carbocycles. The maximum absolute atomic E-state index is 9.27. The minimum absolute atomic E-state index is 0. The fraction of sp³-hybridized carbons (Fsp3) is 0.182. The summed E-state index contributed by atoms with van der Waals surface area (Å²) in [6.07, 6.45) is 4.00. The van der Waals surface area contributed by atoms with Crippen LogP contribution in [0, 0.1) is 12.1 Å².